The van der Waals surface area contributed by atoms with Gasteiger partial charge in [0.25, 0.3) is 0 Å². The Bertz CT molecular complexity index is 452. The van der Waals surface area contributed by atoms with Crippen molar-refractivity contribution in [1.82, 2.24) is 15.3 Å². The summed E-state index contributed by atoms with van der Waals surface area (Å²) in [4.78, 5) is 11.7. The van der Waals surface area contributed by atoms with Crippen LogP contribution in [0.15, 0.2) is 6.20 Å². The molecule has 0 spiro atoms. The van der Waals surface area contributed by atoms with Crippen molar-refractivity contribution in [3.63, 3.8) is 0 Å². The lowest BCUT2D eigenvalue weighted by atomic mass is 9.99. The van der Waals surface area contributed by atoms with Crippen molar-refractivity contribution in [3.05, 3.63) is 17.7 Å². The number of nitrogens with zero attached hydrogens (tertiary/aromatic N) is 3. The minimum absolute atomic E-state index is 0.0925. The van der Waals surface area contributed by atoms with Crippen molar-refractivity contribution in [2.75, 3.05) is 11.9 Å². The smallest absolute Gasteiger partial charge is 0.131 e. The number of hydrogen-bond acceptors (Lipinski definition) is 4. The summed E-state index contributed by atoms with van der Waals surface area (Å²) in [6.07, 6.45) is 3.06. The maximum atomic E-state index is 4.80. The summed E-state index contributed by atoms with van der Waals surface area (Å²) in [5.41, 5.74) is 2.31. The van der Waals surface area contributed by atoms with Gasteiger partial charge in [0.05, 0.1) is 17.6 Å². The van der Waals surface area contributed by atoms with Crippen LogP contribution < -0.4 is 10.2 Å². The predicted octanol–water partition coefficient (Wildman–Crippen LogP) is 3.72. The van der Waals surface area contributed by atoms with E-state index in [0.29, 0.717) is 12.0 Å². The topological polar surface area (TPSA) is 41.1 Å². The number of aromatic nitrogens is 2. The highest BCUT2D eigenvalue weighted by molar-refractivity contribution is 5.50. The van der Waals surface area contributed by atoms with Gasteiger partial charge in [0.2, 0.25) is 0 Å². The Balaban J connectivity index is 3.17. The van der Waals surface area contributed by atoms with Crippen molar-refractivity contribution < 1.29 is 0 Å². The van der Waals surface area contributed by atoms with Crippen molar-refractivity contribution in [2.45, 2.75) is 78.9 Å². The standard InChI is InChI=1S/C17H32N4/c1-9-17(6,7)21(8)15-11-19-16(12(2)3)20-14(15)10-18-13(4)5/h11-13,18H,9-10H2,1-8H3. The van der Waals surface area contributed by atoms with E-state index < -0.39 is 0 Å². The molecule has 0 radical (unpaired) electrons. The maximum Gasteiger partial charge on any atom is 0.131 e. The molecular weight excluding hydrogens is 260 g/mol. The summed E-state index contributed by atoms with van der Waals surface area (Å²) in [6, 6.07) is 0.444. The molecule has 0 fully saturated rings. The minimum Gasteiger partial charge on any atom is -0.367 e. The van der Waals surface area contributed by atoms with Crippen molar-refractivity contribution in [1.29, 1.82) is 0 Å². The highest BCUT2D eigenvalue weighted by atomic mass is 15.2. The van der Waals surface area contributed by atoms with Gasteiger partial charge in [-0.15, -0.1) is 0 Å². The molecule has 1 N–H and O–H groups in total. The first-order valence-corrected chi connectivity index (χ1v) is 8.02. The van der Waals surface area contributed by atoms with Gasteiger partial charge in [0.1, 0.15) is 5.82 Å². The first-order valence-electron chi connectivity index (χ1n) is 8.02. The molecule has 0 saturated heterocycles. The largest absolute Gasteiger partial charge is 0.367 e. The fraction of sp³-hybridized carbons (Fsp3) is 0.765. The minimum atomic E-state index is 0.0925. The van der Waals surface area contributed by atoms with Crippen LogP contribution in [0.5, 0.6) is 0 Å². The molecule has 1 rings (SSSR count). The third-order valence-electron chi connectivity index (χ3n) is 4.19. The van der Waals surface area contributed by atoms with Gasteiger partial charge in [-0.3, -0.25) is 0 Å². The van der Waals surface area contributed by atoms with Crippen LogP contribution in [0.3, 0.4) is 0 Å². The number of rotatable bonds is 7. The van der Waals surface area contributed by atoms with E-state index in [1.54, 1.807) is 0 Å². The quantitative estimate of drug-likeness (QED) is 0.831. The Morgan fingerprint density at radius 3 is 2.33 bits per heavy atom. The zero-order chi connectivity index (χ0) is 16.2. The van der Waals surface area contributed by atoms with Crippen molar-refractivity contribution in [2.24, 2.45) is 0 Å². The molecule has 1 heterocycles. The summed E-state index contributed by atoms with van der Waals surface area (Å²) >= 11 is 0. The number of anilines is 1. The van der Waals surface area contributed by atoms with E-state index in [-0.39, 0.29) is 5.54 Å². The Hall–Kier alpha value is -1.16. The number of hydrogen-bond donors (Lipinski definition) is 1. The fourth-order valence-corrected chi connectivity index (χ4v) is 1.98. The van der Waals surface area contributed by atoms with Gasteiger partial charge in [-0.2, -0.15) is 0 Å². The number of nitrogens with one attached hydrogen (secondary N) is 1. The normalized spacial score (nSPS) is 12.3. The van der Waals surface area contributed by atoms with Crippen LogP contribution in [-0.4, -0.2) is 28.6 Å². The predicted molar refractivity (Wildman–Crippen MR) is 90.9 cm³/mol. The zero-order valence-electron chi connectivity index (χ0n) is 15.0. The third kappa shape index (κ3) is 4.67. The summed E-state index contributed by atoms with van der Waals surface area (Å²) in [5.74, 6) is 1.27. The highest BCUT2D eigenvalue weighted by Gasteiger charge is 2.24. The molecule has 0 aliphatic carbocycles. The Kier molecular flexibility index (Phi) is 6.14. The molecule has 0 aromatic carbocycles. The van der Waals surface area contributed by atoms with E-state index in [1.807, 2.05) is 6.20 Å². The van der Waals surface area contributed by atoms with E-state index in [2.05, 4.69) is 70.7 Å². The molecule has 21 heavy (non-hydrogen) atoms. The van der Waals surface area contributed by atoms with Gasteiger partial charge >= 0.3 is 0 Å². The van der Waals surface area contributed by atoms with Crippen LogP contribution in [0.25, 0.3) is 0 Å². The summed E-state index contributed by atoms with van der Waals surface area (Å²) in [7, 11) is 2.14. The van der Waals surface area contributed by atoms with Crippen molar-refractivity contribution >= 4 is 5.69 Å². The average molecular weight is 292 g/mol. The molecule has 0 atom stereocenters. The van der Waals surface area contributed by atoms with E-state index in [0.717, 1.165) is 30.2 Å². The molecule has 120 valence electrons. The van der Waals surface area contributed by atoms with E-state index in [1.165, 1.54) is 0 Å². The van der Waals surface area contributed by atoms with E-state index >= 15 is 0 Å². The van der Waals surface area contributed by atoms with Gasteiger partial charge in [-0.1, -0.05) is 34.6 Å². The highest BCUT2D eigenvalue weighted by Crippen LogP contribution is 2.27. The van der Waals surface area contributed by atoms with Gasteiger partial charge in [0, 0.05) is 31.1 Å². The lowest BCUT2D eigenvalue weighted by molar-refractivity contribution is 0.466. The molecular formula is C17H32N4. The summed E-state index contributed by atoms with van der Waals surface area (Å²) in [6.45, 7) is 16.1. The first kappa shape index (κ1) is 17.9. The SMILES string of the molecule is CCC(C)(C)N(C)c1cnc(C(C)C)nc1CNC(C)C. The van der Waals surface area contributed by atoms with Gasteiger partial charge in [-0.25, -0.2) is 9.97 Å². The second-order valence-electron chi connectivity index (χ2n) is 6.98. The molecule has 0 amide bonds. The molecule has 0 aliphatic heterocycles. The molecule has 1 aromatic heterocycles. The molecule has 0 saturated carbocycles. The van der Waals surface area contributed by atoms with Gasteiger partial charge in [0.15, 0.2) is 0 Å². The Morgan fingerprint density at radius 2 is 1.86 bits per heavy atom. The van der Waals surface area contributed by atoms with Crippen LogP contribution >= 0.6 is 0 Å². The zero-order valence-corrected chi connectivity index (χ0v) is 15.0. The fourth-order valence-electron chi connectivity index (χ4n) is 1.98. The van der Waals surface area contributed by atoms with Gasteiger partial charge in [-0.05, 0) is 20.3 Å². The molecule has 4 heteroatoms. The Labute approximate surface area is 130 Å². The molecule has 1 aromatic rings. The van der Waals surface area contributed by atoms with E-state index in [4.69, 9.17) is 4.98 Å². The first-order chi connectivity index (χ1) is 9.69. The molecule has 4 nitrogen and oxygen atoms in total. The lowest BCUT2D eigenvalue weighted by Gasteiger charge is -2.37. The summed E-state index contributed by atoms with van der Waals surface area (Å²) < 4.78 is 0. The molecule has 0 bridgehead atoms. The van der Waals surface area contributed by atoms with Crippen LogP contribution in [0.1, 0.15) is 72.3 Å². The maximum absolute atomic E-state index is 4.80. The second-order valence-corrected chi connectivity index (χ2v) is 6.98. The van der Waals surface area contributed by atoms with Crippen LogP contribution in [0, 0.1) is 0 Å². The monoisotopic (exact) mass is 292 g/mol. The molecule has 0 aliphatic rings. The van der Waals surface area contributed by atoms with Crippen molar-refractivity contribution in [3.8, 4) is 0 Å². The lowest BCUT2D eigenvalue weighted by Crippen LogP contribution is -2.41. The van der Waals surface area contributed by atoms with Gasteiger partial charge < -0.3 is 10.2 Å². The summed E-state index contributed by atoms with van der Waals surface area (Å²) in [5, 5.41) is 3.48. The molecule has 0 unspecified atom stereocenters. The van der Waals surface area contributed by atoms with E-state index in [9.17, 15) is 0 Å². The van der Waals surface area contributed by atoms with Crippen LogP contribution in [0.4, 0.5) is 5.69 Å². The van der Waals surface area contributed by atoms with Crippen LogP contribution in [0.2, 0.25) is 0 Å². The van der Waals surface area contributed by atoms with Crippen LogP contribution in [-0.2, 0) is 6.54 Å². The second kappa shape index (κ2) is 7.21. The third-order valence-corrected chi connectivity index (χ3v) is 4.19. The Morgan fingerprint density at radius 1 is 1.24 bits per heavy atom. The average Bonchev–Trinajstić information content (AvgIpc) is 2.43.